The van der Waals surface area contributed by atoms with Crippen LogP contribution in [0.4, 0.5) is 0 Å². The minimum atomic E-state index is -2.53. The van der Waals surface area contributed by atoms with Crippen LogP contribution in [0.3, 0.4) is 0 Å². The SMILES string of the molecule is [2H]C([2H])([2H])C([2H])(C)c1cc2c(cn1)oc1c(-c3ccc(C)c[n+]3C)c(C)ccc12.[2H]C([2H])([2H])C([2H])(C)c1ccc2oc3c(-c4ccc(C)c[n+]4C)c(C)ccc3c2n1.[2H]C([2H])([2H])C([2H])(C)c1nc(C)c(-c2ccc(C)c[n+]2C)c2oc3ccccc3c12.[2H]C([2H])([2H])C([2H])(C)c1nccc2oc3c(-c4ccc(C)c[n+]4C)c(C)ccc3c12. The molecule has 0 aliphatic rings. The van der Waals surface area contributed by atoms with Gasteiger partial charge in [-0.05, 0) is 156 Å². The number of benzene rings is 4. The van der Waals surface area contributed by atoms with Crippen molar-refractivity contribution < 1.29 is 57.9 Å². The Kier molecular flexibility index (Phi) is 13.8. The molecule has 12 heterocycles. The van der Waals surface area contributed by atoms with E-state index in [1.165, 1.54) is 45.7 Å². The molecule has 504 valence electrons. The number of nitrogens with zero attached hydrogens (tertiary/aromatic N) is 8. The fourth-order valence-electron chi connectivity index (χ4n) is 13.7. The van der Waals surface area contributed by atoms with Crippen molar-refractivity contribution in [3.8, 4) is 45.0 Å². The maximum absolute atomic E-state index is 8.69. The van der Waals surface area contributed by atoms with Gasteiger partial charge in [-0.2, -0.15) is 0 Å². The van der Waals surface area contributed by atoms with Crippen LogP contribution < -0.4 is 18.3 Å². The summed E-state index contributed by atoms with van der Waals surface area (Å²) in [5.74, 6) is -7.34. The molecule has 16 aromatic rings. The van der Waals surface area contributed by atoms with Gasteiger partial charge >= 0.3 is 0 Å². The molecule has 0 N–H and O–H groups in total. The molecule has 4 aromatic carbocycles. The maximum Gasteiger partial charge on any atom is 0.217 e. The van der Waals surface area contributed by atoms with E-state index in [4.69, 9.17) is 39.6 Å². The first-order valence-corrected chi connectivity index (χ1v) is 33.2. The molecule has 0 amide bonds. The highest BCUT2D eigenvalue weighted by Gasteiger charge is 2.28. The van der Waals surface area contributed by atoms with Gasteiger partial charge in [0, 0.05) is 113 Å². The van der Waals surface area contributed by atoms with E-state index in [0.717, 1.165) is 111 Å². The Hall–Kier alpha value is -10.7. The molecule has 0 aliphatic heterocycles. The molecule has 0 bridgehead atoms. The first-order chi connectivity index (χ1) is 54.0. The fourth-order valence-corrected chi connectivity index (χ4v) is 13.7. The average Bonchev–Trinajstić information content (AvgIpc) is 1.54. The number of hydrogen-bond donors (Lipinski definition) is 0. The third-order valence-corrected chi connectivity index (χ3v) is 18.5. The molecule has 0 saturated carbocycles. The van der Waals surface area contributed by atoms with E-state index in [9.17, 15) is 0 Å². The largest absolute Gasteiger partial charge is 0.455 e. The highest BCUT2D eigenvalue weighted by molar-refractivity contribution is 6.13. The van der Waals surface area contributed by atoms with E-state index in [-0.39, 0.29) is 22.8 Å². The van der Waals surface area contributed by atoms with Crippen molar-refractivity contribution in [2.45, 2.75) is 134 Å². The highest BCUT2D eigenvalue weighted by Crippen LogP contribution is 2.43. The summed E-state index contributed by atoms with van der Waals surface area (Å²) in [5.41, 5.74) is 22.6. The molecule has 100 heavy (non-hydrogen) atoms. The van der Waals surface area contributed by atoms with E-state index >= 15 is 0 Å². The lowest BCUT2D eigenvalue weighted by atomic mass is 9.98. The lowest BCUT2D eigenvalue weighted by molar-refractivity contribution is -0.660. The molecule has 4 atom stereocenters. The predicted octanol–water partition coefficient (Wildman–Crippen LogP) is 20.9. The summed E-state index contributed by atoms with van der Waals surface area (Å²) in [6.07, 6.45) is 11.2. The number of aryl methyl sites for hydroxylation is 12. The van der Waals surface area contributed by atoms with E-state index < -0.39 is 51.0 Å². The molecule has 4 unspecified atom stereocenters. The zero-order valence-electron chi connectivity index (χ0n) is 75.4. The summed E-state index contributed by atoms with van der Waals surface area (Å²) in [4.78, 5) is 17.8. The molecule has 0 spiro atoms. The van der Waals surface area contributed by atoms with Crippen molar-refractivity contribution in [1.29, 1.82) is 0 Å². The molecule has 0 saturated heterocycles. The summed E-state index contributed by atoms with van der Waals surface area (Å²) in [6.45, 7) is 11.6. The second-order valence-electron chi connectivity index (χ2n) is 26.4. The number of para-hydroxylation sites is 1. The lowest BCUT2D eigenvalue weighted by Crippen LogP contribution is -2.31. The minimum Gasteiger partial charge on any atom is -0.455 e. The van der Waals surface area contributed by atoms with Crippen molar-refractivity contribution >= 4 is 87.9 Å². The number of pyridine rings is 8. The molecule has 0 fully saturated rings. The van der Waals surface area contributed by atoms with Crippen LogP contribution in [0.2, 0.25) is 0 Å². The van der Waals surface area contributed by atoms with Gasteiger partial charge in [-0.1, -0.05) is 104 Å². The molecule has 12 aromatic heterocycles. The van der Waals surface area contributed by atoms with E-state index in [2.05, 4.69) is 88.6 Å². The van der Waals surface area contributed by atoms with Gasteiger partial charge in [0.05, 0.1) is 50.7 Å². The Balaban J connectivity index is 0.000000135. The summed E-state index contributed by atoms with van der Waals surface area (Å²) in [5, 5.41) is 5.18. The van der Waals surface area contributed by atoms with Crippen LogP contribution >= 0.6 is 0 Å². The zero-order chi connectivity index (χ0) is 84.5. The van der Waals surface area contributed by atoms with Crippen molar-refractivity contribution in [3.05, 3.63) is 238 Å². The topological polar surface area (TPSA) is 120 Å². The summed E-state index contributed by atoms with van der Waals surface area (Å²) < 4.78 is 160. The Bertz CT molecular complexity index is 6400. The van der Waals surface area contributed by atoms with Crippen LogP contribution in [0.5, 0.6) is 0 Å². The van der Waals surface area contributed by atoms with Crippen LogP contribution in [0.1, 0.15) is 168 Å². The van der Waals surface area contributed by atoms with Gasteiger partial charge in [0.2, 0.25) is 22.8 Å². The van der Waals surface area contributed by atoms with Gasteiger partial charge in [-0.15, -0.1) is 0 Å². The lowest BCUT2D eigenvalue weighted by Gasteiger charge is -2.11. The number of aromatic nitrogens is 8. The van der Waals surface area contributed by atoms with Crippen molar-refractivity contribution in [3.63, 3.8) is 0 Å². The Morgan fingerprint density at radius 1 is 0.370 bits per heavy atom. The summed E-state index contributed by atoms with van der Waals surface area (Å²) in [6, 6.07) is 42.5. The van der Waals surface area contributed by atoms with Crippen LogP contribution in [0.15, 0.2) is 188 Å². The fraction of sp³-hybridized carbons (Fsp3) is 0.273. The monoisotopic (exact) mass is 1340 g/mol. The molecule has 0 aliphatic carbocycles. The van der Waals surface area contributed by atoms with Crippen molar-refractivity contribution in [2.24, 2.45) is 28.2 Å². The van der Waals surface area contributed by atoms with Gasteiger partial charge in [-0.25, -0.2) is 23.3 Å². The van der Waals surface area contributed by atoms with Crippen LogP contribution in [-0.4, -0.2) is 19.9 Å². The third-order valence-electron chi connectivity index (χ3n) is 18.5. The standard InChI is InChI=1S/4C22H23N2O/c1-13(2)17-9-11-19-21(23-17)16-8-7-15(4)20(22(16)25-19)18-10-6-14(3)12-24(18)5;1-13(2)18-10-17-16-8-7-15(4)21(22(16)25-20(17)11-23-18)19-9-6-14(3)12-24(19)5;1-13(2)21-20-16-8-7-15(4)19(17-9-6-14(3)12-24(17)5)22(16)25-18(20)10-11-23-21;1-13(2)21-20-16-8-6-7-9-18(16)25-22(20)19(15(4)23-21)17-11-10-14(3)12-24(17)5/h4*6-13H,1-5H3/q4*+1/i4*1D3,13D. The predicted molar refractivity (Wildman–Crippen MR) is 407 cm³/mol. The third kappa shape index (κ3) is 12.6. The van der Waals surface area contributed by atoms with Crippen LogP contribution in [-0.2, 0) is 28.2 Å². The summed E-state index contributed by atoms with van der Waals surface area (Å²) in [7, 11) is 7.96. The first-order valence-electron chi connectivity index (χ1n) is 41.2. The average molecular weight is 1340 g/mol. The number of hydrogen-bond acceptors (Lipinski definition) is 8. The highest BCUT2D eigenvalue weighted by atomic mass is 16.3. The Morgan fingerprint density at radius 2 is 0.840 bits per heavy atom. The molecule has 12 nitrogen and oxygen atoms in total. The Morgan fingerprint density at radius 3 is 1.40 bits per heavy atom. The number of rotatable bonds is 8. The van der Waals surface area contributed by atoms with Crippen molar-refractivity contribution in [2.75, 3.05) is 0 Å². The number of furan rings is 4. The van der Waals surface area contributed by atoms with Crippen LogP contribution in [0, 0.1) is 55.4 Å². The molecule has 12 heteroatoms. The van der Waals surface area contributed by atoms with E-state index in [1.807, 2.05) is 167 Å². The molecule has 16 rings (SSSR count). The van der Waals surface area contributed by atoms with E-state index in [0.29, 0.717) is 61.1 Å². The molecular weight excluding hydrogens is 1230 g/mol. The van der Waals surface area contributed by atoms with Gasteiger partial charge in [0.25, 0.3) is 0 Å². The number of fused-ring (bicyclic) bond motifs is 12. The normalized spacial score (nSPS) is 17.0. The molecule has 0 radical (unpaired) electrons. The first kappa shape index (κ1) is 50.6. The second kappa shape index (κ2) is 27.2. The van der Waals surface area contributed by atoms with Gasteiger partial charge < -0.3 is 17.7 Å². The van der Waals surface area contributed by atoms with E-state index in [1.54, 1.807) is 24.3 Å². The van der Waals surface area contributed by atoms with Gasteiger partial charge in [0.15, 0.2) is 47.1 Å². The van der Waals surface area contributed by atoms with Crippen molar-refractivity contribution in [1.82, 2.24) is 19.9 Å². The Labute approximate surface area is 608 Å². The second-order valence-corrected chi connectivity index (χ2v) is 26.4. The zero-order valence-corrected chi connectivity index (χ0v) is 59.4. The molecular formula is C88H92N8O4+4. The quantitative estimate of drug-likeness (QED) is 0.138. The maximum atomic E-state index is 8.69. The van der Waals surface area contributed by atoms with Crippen LogP contribution in [0.25, 0.3) is 133 Å². The van der Waals surface area contributed by atoms with Gasteiger partial charge in [-0.3, -0.25) is 15.0 Å². The minimum absolute atomic E-state index is 0.204. The summed E-state index contributed by atoms with van der Waals surface area (Å²) >= 11 is 0. The van der Waals surface area contributed by atoms with Gasteiger partial charge in [0.1, 0.15) is 61.6 Å². The smallest absolute Gasteiger partial charge is 0.217 e.